The lowest BCUT2D eigenvalue weighted by molar-refractivity contribution is 0.554. The maximum absolute atomic E-state index is 13.0. The van der Waals surface area contributed by atoms with Gasteiger partial charge in [0.05, 0.1) is 5.02 Å². The van der Waals surface area contributed by atoms with E-state index in [9.17, 15) is 4.39 Å². The van der Waals surface area contributed by atoms with Crippen molar-refractivity contribution in [1.82, 2.24) is 4.98 Å². The minimum absolute atomic E-state index is 0.0679. The van der Waals surface area contributed by atoms with Crippen LogP contribution in [0.2, 0.25) is 5.02 Å². The van der Waals surface area contributed by atoms with Gasteiger partial charge in [0.1, 0.15) is 0 Å². The van der Waals surface area contributed by atoms with Gasteiger partial charge >= 0.3 is 0 Å². The van der Waals surface area contributed by atoms with E-state index in [0.717, 1.165) is 6.42 Å². The molecule has 13 heavy (non-hydrogen) atoms. The highest BCUT2D eigenvalue weighted by atomic mass is 35.5. The Bertz CT molecular complexity index is 289. The van der Waals surface area contributed by atoms with Gasteiger partial charge in [-0.2, -0.15) is 4.39 Å². The zero-order chi connectivity index (χ0) is 9.84. The summed E-state index contributed by atoms with van der Waals surface area (Å²) in [5, 5.41) is 0.459. The number of hydrogen-bond acceptors (Lipinski definition) is 2. The predicted molar refractivity (Wildman–Crippen MR) is 51.2 cm³/mol. The fourth-order valence-corrected chi connectivity index (χ4v) is 1.20. The second kappa shape index (κ2) is 4.53. The molecule has 72 valence electrons. The zero-order valence-electron chi connectivity index (χ0n) is 7.43. The van der Waals surface area contributed by atoms with Gasteiger partial charge in [0, 0.05) is 17.8 Å². The molecule has 0 aliphatic heterocycles. The molecule has 0 saturated heterocycles. The van der Waals surface area contributed by atoms with Gasteiger partial charge in [-0.05, 0) is 25.8 Å². The van der Waals surface area contributed by atoms with E-state index in [0.29, 0.717) is 17.0 Å². The first-order valence-corrected chi connectivity index (χ1v) is 4.53. The van der Waals surface area contributed by atoms with Crippen molar-refractivity contribution in [3.05, 3.63) is 28.8 Å². The first kappa shape index (κ1) is 10.4. The lowest BCUT2D eigenvalue weighted by Crippen LogP contribution is -2.15. The van der Waals surface area contributed by atoms with E-state index in [1.54, 1.807) is 6.07 Å². The molecule has 0 amide bonds. The molecule has 0 fully saturated rings. The van der Waals surface area contributed by atoms with Crippen molar-refractivity contribution >= 4 is 11.6 Å². The maximum Gasteiger partial charge on any atom is 0.216 e. The molecule has 1 heterocycles. The summed E-state index contributed by atoms with van der Waals surface area (Å²) >= 11 is 5.67. The van der Waals surface area contributed by atoms with Crippen LogP contribution in [0.25, 0.3) is 0 Å². The number of nitrogens with two attached hydrogens (primary N) is 1. The van der Waals surface area contributed by atoms with Crippen molar-refractivity contribution in [3.8, 4) is 0 Å². The SMILES string of the molecule is C[C@@H](N)CCc1cc(Cl)cnc1F. The standard InChI is InChI=1S/C9H12ClFN2/c1-6(12)2-3-7-4-8(10)5-13-9(7)11/h4-6H,2-3,12H2,1H3/t6-/m1/s1. The molecule has 0 bridgehead atoms. The third-order valence-corrected chi connectivity index (χ3v) is 1.95. The molecule has 1 aromatic rings. The van der Waals surface area contributed by atoms with Gasteiger partial charge in [-0.1, -0.05) is 11.6 Å². The Morgan fingerprint density at radius 1 is 1.69 bits per heavy atom. The highest BCUT2D eigenvalue weighted by molar-refractivity contribution is 6.30. The molecule has 1 atom stereocenters. The minimum Gasteiger partial charge on any atom is -0.328 e. The lowest BCUT2D eigenvalue weighted by atomic mass is 10.1. The van der Waals surface area contributed by atoms with Gasteiger partial charge < -0.3 is 5.73 Å². The number of aromatic nitrogens is 1. The van der Waals surface area contributed by atoms with Gasteiger partial charge in [-0.25, -0.2) is 4.98 Å². The van der Waals surface area contributed by atoms with E-state index in [4.69, 9.17) is 17.3 Å². The molecule has 0 saturated carbocycles. The molecule has 0 aliphatic rings. The Kier molecular flexibility index (Phi) is 3.63. The van der Waals surface area contributed by atoms with Crippen LogP contribution in [0.1, 0.15) is 18.9 Å². The third kappa shape index (κ3) is 3.28. The number of pyridine rings is 1. The molecule has 0 aromatic carbocycles. The summed E-state index contributed by atoms with van der Waals surface area (Å²) in [5.41, 5.74) is 6.08. The Morgan fingerprint density at radius 3 is 3.00 bits per heavy atom. The smallest absolute Gasteiger partial charge is 0.216 e. The number of aryl methyl sites for hydroxylation is 1. The normalized spacial score (nSPS) is 12.9. The molecule has 1 rings (SSSR count). The van der Waals surface area contributed by atoms with Crippen LogP contribution in [0, 0.1) is 5.95 Å². The molecular formula is C9H12ClFN2. The topological polar surface area (TPSA) is 38.9 Å². The molecule has 2 N–H and O–H groups in total. The van der Waals surface area contributed by atoms with Crippen LogP contribution in [-0.2, 0) is 6.42 Å². The number of nitrogens with zero attached hydrogens (tertiary/aromatic N) is 1. The van der Waals surface area contributed by atoms with Crippen LogP contribution in [0.4, 0.5) is 4.39 Å². The van der Waals surface area contributed by atoms with Crippen LogP contribution in [0.3, 0.4) is 0 Å². The summed E-state index contributed by atoms with van der Waals surface area (Å²) in [7, 11) is 0. The van der Waals surface area contributed by atoms with Crippen molar-refractivity contribution in [3.63, 3.8) is 0 Å². The fraction of sp³-hybridized carbons (Fsp3) is 0.444. The van der Waals surface area contributed by atoms with Crippen molar-refractivity contribution < 1.29 is 4.39 Å². The van der Waals surface area contributed by atoms with Gasteiger partial charge in [0.15, 0.2) is 0 Å². The van der Waals surface area contributed by atoms with Gasteiger partial charge in [0.2, 0.25) is 5.95 Å². The molecule has 0 unspecified atom stereocenters. The second-order valence-electron chi connectivity index (χ2n) is 3.12. The van der Waals surface area contributed by atoms with Crippen LogP contribution < -0.4 is 5.73 Å². The first-order valence-electron chi connectivity index (χ1n) is 4.15. The quantitative estimate of drug-likeness (QED) is 0.763. The number of halogens is 2. The Balaban J connectivity index is 2.70. The lowest BCUT2D eigenvalue weighted by Gasteiger charge is -2.05. The molecule has 4 heteroatoms. The summed E-state index contributed by atoms with van der Waals surface area (Å²) in [6.07, 6.45) is 2.61. The van der Waals surface area contributed by atoms with E-state index in [2.05, 4.69) is 4.98 Å². The third-order valence-electron chi connectivity index (χ3n) is 1.75. The summed E-state index contributed by atoms with van der Waals surface area (Å²) in [5.74, 6) is -0.454. The van der Waals surface area contributed by atoms with Gasteiger partial charge in [-0.3, -0.25) is 0 Å². The van der Waals surface area contributed by atoms with E-state index in [1.807, 2.05) is 6.92 Å². The highest BCUT2D eigenvalue weighted by Crippen LogP contribution is 2.14. The molecule has 0 radical (unpaired) electrons. The van der Waals surface area contributed by atoms with Crippen molar-refractivity contribution in [2.75, 3.05) is 0 Å². The Hall–Kier alpha value is -0.670. The van der Waals surface area contributed by atoms with E-state index in [1.165, 1.54) is 6.20 Å². The van der Waals surface area contributed by atoms with E-state index < -0.39 is 5.95 Å². The Labute approximate surface area is 81.9 Å². The summed E-state index contributed by atoms with van der Waals surface area (Å²) < 4.78 is 13.0. The monoisotopic (exact) mass is 202 g/mol. The van der Waals surface area contributed by atoms with Crippen molar-refractivity contribution in [1.29, 1.82) is 0 Å². The predicted octanol–water partition coefficient (Wildman–Crippen LogP) is 2.15. The number of hydrogen-bond donors (Lipinski definition) is 1. The summed E-state index contributed by atoms with van der Waals surface area (Å²) in [6, 6.07) is 1.66. The average Bonchev–Trinajstić information content (AvgIpc) is 2.06. The molecule has 0 spiro atoms. The van der Waals surface area contributed by atoms with Crippen LogP contribution >= 0.6 is 11.6 Å². The first-order chi connectivity index (χ1) is 6.09. The fourth-order valence-electron chi connectivity index (χ4n) is 1.02. The minimum atomic E-state index is -0.454. The summed E-state index contributed by atoms with van der Waals surface area (Å²) in [6.45, 7) is 1.88. The van der Waals surface area contributed by atoms with E-state index in [-0.39, 0.29) is 6.04 Å². The second-order valence-corrected chi connectivity index (χ2v) is 3.56. The average molecular weight is 203 g/mol. The zero-order valence-corrected chi connectivity index (χ0v) is 8.18. The summed E-state index contributed by atoms with van der Waals surface area (Å²) in [4.78, 5) is 3.52. The van der Waals surface area contributed by atoms with Crippen molar-refractivity contribution in [2.45, 2.75) is 25.8 Å². The van der Waals surface area contributed by atoms with Crippen LogP contribution in [0.15, 0.2) is 12.3 Å². The van der Waals surface area contributed by atoms with Crippen LogP contribution in [-0.4, -0.2) is 11.0 Å². The molecule has 2 nitrogen and oxygen atoms in total. The molecule has 0 aliphatic carbocycles. The Morgan fingerprint density at radius 2 is 2.38 bits per heavy atom. The molecule has 1 aromatic heterocycles. The largest absolute Gasteiger partial charge is 0.328 e. The van der Waals surface area contributed by atoms with Gasteiger partial charge in [-0.15, -0.1) is 0 Å². The molecular weight excluding hydrogens is 191 g/mol. The highest BCUT2D eigenvalue weighted by Gasteiger charge is 2.05. The maximum atomic E-state index is 13.0. The van der Waals surface area contributed by atoms with E-state index >= 15 is 0 Å². The van der Waals surface area contributed by atoms with Crippen LogP contribution in [0.5, 0.6) is 0 Å². The van der Waals surface area contributed by atoms with Crippen molar-refractivity contribution in [2.24, 2.45) is 5.73 Å². The number of rotatable bonds is 3. The van der Waals surface area contributed by atoms with Gasteiger partial charge in [0.25, 0.3) is 0 Å².